The van der Waals surface area contributed by atoms with E-state index in [1.54, 1.807) is 0 Å². The molecule has 0 fully saturated rings. The average molecular weight is 367 g/mol. The smallest absolute Gasteiger partial charge is 0.163 e. The van der Waals surface area contributed by atoms with E-state index < -0.39 is 0 Å². The molecule has 0 aliphatic heterocycles. The highest BCUT2D eigenvalue weighted by molar-refractivity contribution is 5.86. The monoisotopic (exact) mass is 367 g/mol. The van der Waals surface area contributed by atoms with E-state index in [0.717, 1.165) is 27.9 Å². The average Bonchev–Trinajstić information content (AvgIpc) is 3.01. The number of aromatic nitrogens is 3. The maximum Gasteiger partial charge on any atom is 0.163 e. The molecule has 0 aliphatic rings. The van der Waals surface area contributed by atoms with Gasteiger partial charge in [0.25, 0.3) is 0 Å². The molecule has 0 atom stereocenters. The Morgan fingerprint density at radius 2 is 1.75 bits per heavy atom. The van der Waals surface area contributed by atoms with Crippen molar-refractivity contribution >= 4 is 22.6 Å². The molecule has 2 aromatic carbocycles. The Kier molecular flexibility index (Phi) is 4.62. The van der Waals surface area contributed by atoms with Crippen LogP contribution in [0.3, 0.4) is 0 Å². The normalized spacial score (nSPS) is 11.4. The first kappa shape index (κ1) is 17.9. The van der Waals surface area contributed by atoms with Crippen LogP contribution in [0.25, 0.3) is 34.0 Å². The summed E-state index contributed by atoms with van der Waals surface area (Å²) in [5.41, 5.74) is 4.87. The molecule has 0 bridgehead atoms. The number of benzene rings is 2. The van der Waals surface area contributed by atoms with Gasteiger partial charge in [-0.05, 0) is 45.1 Å². The van der Waals surface area contributed by atoms with Crippen LogP contribution in [0.4, 0.5) is 0 Å². The second kappa shape index (κ2) is 7.24. The summed E-state index contributed by atoms with van der Waals surface area (Å²) in [6.45, 7) is 10.1. The first-order valence-corrected chi connectivity index (χ1v) is 9.16. The minimum Gasteiger partial charge on any atom is -0.456 e. The molecule has 0 N–H and O–H groups in total. The lowest BCUT2D eigenvalue weighted by molar-refractivity contribution is 0.601. The Balaban J connectivity index is 1.65. The second-order valence-corrected chi connectivity index (χ2v) is 6.85. The van der Waals surface area contributed by atoms with E-state index in [0.29, 0.717) is 23.0 Å². The third kappa shape index (κ3) is 3.49. The molecule has 28 heavy (non-hydrogen) atoms. The highest BCUT2D eigenvalue weighted by atomic mass is 16.3. The van der Waals surface area contributed by atoms with E-state index >= 15 is 0 Å². The summed E-state index contributed by atoms with van der Waals surface area (Å²) >= 11 is 0. The van der Waals surface area contributed by atoms with Crippen molar-refractivity contribution in [1.82, 2.24) is 15.0 Å². The fraction of sp³-hybridized carbons (Fsp3) is 0.125. The standard InChI is InChI=1S/C24H21N3O/c1-15-10-12-22-20(14-15)17(3)21(28-22)13-11-16(2)23-25-18(4)26-24(27-23)19-8-6-5-7-9-19/h5-14H,2H2,1,3-4H3/b13-11-. The van der Waals surface area contributed by atoms with E-state index in [1.165, 1.54) is 5.56 Å². The molecule has 0 aliphatic carbocycles. The summed E-state index contributed by atoms with van der Waals surface area (Å²) in [4.78, 5) is 13.5. The van der Waals surface area contributed by atoms with Gasteiger partial charge in [-0.1, -0.05) is 48.5 Å². The van der Waals surface area contributed by atoms with E-state index in [9.17, 15) is 0 Å². The zero-order valence-electron chi connectivity index (χ0n) is 16.2. The molecule has 0 saturated heterocycles. The molecule has 4 nitrogen and oxygen atoms in total. The first-order chi connectivity index (χ1) is 13.5. The molecule has 0 unspecified atom stereocenters. The van der Waals surface area contributed by atoms with Crippen LogP contribution >= 0.6 is 0 Å². The Bertz CT molecular complexity index is 1200. The summed E-state index contributed by atoms with van der Waals surface area (Å²) in [5.74, 6) is 2.69. The van der Waals surface area contributed by atoms with Crippen LogP contribution in [0.2, 0.25) is 0 Å². The largest absolute Gasteiger partial charge is 0.456 e. The lowest BCUT2D eigenvalue weighted by Crippen LogP contribution is -2.01. The fourth-order valence-corrected chi connectivity index (χ4v) is 3.11. The number of hydrogen-bond acceptors (Lipinski definition) is 4. The van der Waals surface area contributed by atoms with Crippen molar-refractivity contribution in [2.24, 2.45) is 0 Å². The Hall–Kier alpha value is -3.53. The molecule has 0 spiro atoms. The zero-order chi connectivity index (χ0) is 19.7. The number of hydrogen-bond donors (Lipinski definition) is 0. The molecule has 4 rings (SSSR count). The van der Waals surface area contributed by atoms with E-state index in [4.69, 9.17) is 4.42 Å². The second-order valence-electron chi connectivity index (χ2n) is 6.85. The van der Waals surface area contributed by atoms with E-state index in [-0.39, 0.29) is 0 Å². The van der Waals surface area contributed by atoms with Gasteiger partial charge in [-0.3, -0.25) is 0 Å². The van der Waals surface area contributed by atoms with Gasteiger partial charge in [-0.25, -0.2) is 15.0 Å². The number of nitrogens with zero attached hydrogens (tertiary/aromatic N) is 3. The minimum absolute atomic E-state index is 0.562. The van der Waals surface area contributed by atoms with Crippen molar-refractivity contribution in [1.29, 1.82) is 0 Å². The third-order valence-corrected chi connectivity index (χ3v) is 4.63. The van der Waals surface area contributed by atoms with E-state index in [1.807, 2.05) is 55.5 Å². The molecule has 2 aromatic heterocycles. The number of fused-ring (bicyclic) bond motifs is 1. The molecule has 0 radical (unpaired) electrons. The van der Waals surface area contributed by atoms with Crippen LogP contribution in [0.1, 0.15) is 28.5 Å². The van der Waals surface area contributed by atoms with Crippen molar-refractivity contribution in [3.05, 3.63) is 89.7 Å². The highest BCUT2D eigenvalue weighted by Gasteiger charge is 2.10. The van der Waals surface area contributed by atoms with Gasteiger partial charge in [0, 0.05) is 22.1 Å². The van der Waals surface area contributed by atoms with Gasteiger partial charge in [0.1, 0.15) is 17.2 Å². The lowest BCUT2D eigenvalue weighted by atomic mass is 10.1. The predicted octanol–water partition coefficient (Wildman–Crippen LogP) is 5.94. The van der Waals surface area contributed by atoms with Gasteiger partial charge < -0.3 is 4.42 Å². The van der Waals surface area contributed by atoms with Crippen molar-refractivity contribution < 1.29 is 4.42 Å². The first-order valence-electron chi connectivity index (χ1n) is 9.16. The number of aryl methyl sites for hydroxylation is 3. The van der Waals surface area contributed by atoms with Crippen LogP contribution < -0.4 is 0 Å². The van der Waals surface area contributed by atoms with Crippen molar-refractivity contribution in [3.63, 3.8) is 0 Å². The number of rotatable bonds is 4. The molecule has 0 amide bonds. The summed E-state index contributed by atoms with van der Waals surface area (Å²) in [6.07, 6.45) is 3.81. The summed E-state index contributed by atoms with van der Waals surface area (Å²) in [5, 5.41) is 1.13. The van der Waals surface area contributed by atoms with E-state index in [2.05, 4.69) is 47.5 Å². The van der Waals surface area contributed by atoms with Crippen LogP contribution in [0.5, 0.6) is 0 Å². The van der Waals surface area contributed by atoms with Gasteiger partial charge >= 0.3 is 0 Å². The maximum absolute atomic E-state index is 5.98. The zero-order valence-corrected chi connectivity index (χ0v) is 16.2. The van der Waals surface area contributed by atoms with Crippen LogP contribution in [0.15, 0.2) is 65.6 Å². The predicted molar refractivity (Wildman–Crippen MR) is 114 cm³/mol. The molecule has 0 saturated carbocycles. The molecule has 4 heteroatoms. The number of furan rings is 1. The van der Waals surface area contributed by atoms with Crippen LogP contribution in [0, 0.1) is 20.8 Å². The number of allylic oxidation sites excluding steroid dienone is 2. The third-order valence-electron chi connectivity index (χ3n) is 4.63. The van der Waals surface area contributed by atoms with Crippen LogP contribution in [-0.4, -0.2) is 15.0 Å². The molecule has 138 valence electrons. The Morgan fingerprint density at radius 1 is 0.964 bits per heavy atom. The SMILES string of the molecule is C=C(/C=C\c1oc2ccc(C)cc2c1C)c1nc(C)nc(-c2ccccc2)n1. The molecule has 4 aromatic rings. The quantitative estimate of drug-likeness (QED) is 0.419. The van der Waals surface area contributed by atoms with Crippen LogP contribution in [-0.2, 0) is 0 Å². The Morgan fingerprint density at radius 3 is 2.54 bits per heavy atom. The van der Waals surface area contributed by atoms with Gasteiger partial charge in [0.15, 0.2) is 11.6 Å². The molecular formula is C24H21N3O. The Labute approximate surface area is 164 Å². The van der Waals surface area contributed by atoms with Gasteiger partial charge in [0.05, 0.1) is 0 Å². The van der Waals surface area contributed by atoms with Crippen molar-refractivity contribution in [2.45, 2.75) is 20.8 Å². The summed E-state index contributed by atoms with van der Waals surface area (Å²) < 4.78 is 5.98. The van der Waals surface area contributed by atoms with Crippen molar-refractivity contribution in [2.75, 3.05) is 0 Å². The summed E-state index contributed by atoms with van der Waals surface area (Å²) in [6, 6.07) is 16.1. The topological polar surface area (TPSA) is 51.8 Å². The lowest BCUT2D eigenvalue weighted by Gasteiger charge is -2.05. The summed E-state index contributed by atoms with van der Waals surface area (Å²) in [7, 11) is 0. The van der Waals surface area contributed by atoms with Gasteiger partial charge in [-0.15, -0.1) is 0 Å². The van der Waals surface area contributed by atoms with Gasteiger partial charge in [-0.2, -0.15) is 0 Å². The molecular weight excluding hydrogens is 346 g/mol. The molecule has 2 heterocycles. The van der Waals surface area contributed by atoms with Gasteiger partial charge in [0.2, 0.25) is 0 Å². The minimum atomic E-state index is 0.562. The van der Waals surface area contributed by atoms with Crippen molar-refractivity contribution in [3.8, 4) is 11.4 Å². The highest BCUT2D eigenvalue weighted by Crippen LogP contribution is 2.28. The maximum atomic E-state index is 5.98. The fourth-order valence-electron chi connectivity index (χ4n) is 3.11.